The minimum absolute atomic E-state index is 0.0966. The fourth-order valence-electron chi connectivity index (χ4n) is 3.43. The Kier molecular flexibility index (Phi) is 3.99. The van der Waals surface area contributed by atoms with Crippen LogP contribution in [0.4, 0.5) is 0 Å². The van der Waals surface area contributed by atoms with E-state index < -0.39 is 18.1 Å². The number of aromatic nitrogens is 2. The van der Waals surface area contributed by atoms with Gasteiger partial charge in [0.25, 0.3) is 0 Å². The Labute approximate surface area is 149 Å². The lowest BCUT2D eigenvalue weighted by Crippen LogP contribution is -2.33. The highest BCUT2D eigenvalue weighted by Gasteiger charge is 2.56. The first kappa shape index (κ1) is 16.8. The van der Waals surface area contributed by atoms with Crippen LogP contribution in [0.15, 0.2) is 24.3 Å². The number of nitrogens with zero attached hydrogens (tertiary/aromatic N) is 2. The van der Waals surface area contributed by atoms with Gasteiger partial charge in [-0.05, 0) is 26.0 Å². The number of para-hydroxylation sites is 1. The summed E-state index contributed by atoms with van der Waals surface area (Å²) in [5.41, 5.74) is 0.845. The summed E-state index contributed by atoms with van der Waals surface area (Å²) >= 11 is 6.27. The molecule has 8 heteroatoms. The van der Waals surface area contributed by atoms with Crippen LogP contribution < -0.4 is 0 Å². The number of carbonyl (C=O) groups excluding carboxylic acids is 1. The SMILES string of the molecule is CC(=O)OC[C@H]1O[C@@H](n2nc(Cl)c3ccccc32)[C@@H]2OC(C)(C)O[C@@H]21. The molecule has 4 rings (SSSR count). The number of benzene rings is 1. The van der Waals surface area contributed by atoms with Crippen LogP contribution >= 0.6 is 11.6 Å². The Morgan fingerprint density at radius 3 is 2.80 bits per heavy atom. The van der Waals surface area contributed by atoms with E-state index in [4.69, 9.17) is 30.5 Å². The molecule has 2 aromatic rings. The van der Waals surface area contributed by atoms with Crippen LogP contribution in [0.2, 0.25) is 5.15 Å². The number of rotatable bonds is 3. The van der Waals surface area contributed by atoms with Gasteiger partial charge in [-0.2, -0.15) is 5.10 Å². The molecule has 0 spiro atoms. The minimum atomic E-state index is -0.751. The van der Waals surface area contributed by atoms with Crippen molar-refractivity contribution in [2.45, 2.75) is 51.1 Å². The molecule has 0 unspecified atom stereocenters. The zero-order valence-electron chi connectivity index (χ0n) is 14.1. The maximum absolute atomic E-state index is 11.2. The summed E-state index contributed by atoms with van der Waals surface area (Å²) in [6.45, 7) is 5.15. The Balaban J connectivity index is 1.70. The quantitative estimate of drug-likeness (QED) is 0.778. The molecule has 0 amide bonds. The lowest BCUT2D eigenvalue weighted by Gasteiger charge is -2.24. The lowest BCUT2D eigenvalue weighted by atomic mass is 10.1. The minimum Gasteiger partial charge on any atom is -0.463 e. The fourth-order valence-corrected chi connectivity index (χ4v) is 3.68. The molecule has 25 heavy (non-hydrogen) atoms. The Morgan fingerprint density at radius 2 is 2.04 bits per heavy atom. The Hall–Kier alpha value is -1.67. The summed E-state index contributed by atoms with van der Waals surface area (Å²) in [5.74, 6) is -1.12. The van der Waals surface area contributed by atoms with E-state index in [0.717, 1.165) is 10.9 Å². The van der Waals surface area contributed by atoms with Gasteiger partial charge in [-0.25, -0.2) is 4.68 Å². The highest BCUT2D eigenvalue weighted by molar-refractivity contribution is 6.34. The van der Waals surface area contributed by atoms with Crippen LogP contribution in [-0.2, 0) is 23.7 Å². The molecule has 2 aliphatic heterocycles. The standard InChI is InChI=1S/C17H19ClN2O5/c1-9(21)22-8-12-13-14(25-17(2,3)24-13)16(23-12)20-11-7-5-4-6-10(11)15(18)19-20/h4-7,12-14,16H,8H2,1-3H3/t12-,13-,14-,16-/m1/s1. The molecule has 1 aromatic heterocycles. The first-order chi connectivity index (χ1) is 11.9. The predicted molar refractivity (Wildman–Crippen MR) is 89.1 cm³/mol. The molecule has 2 aliphatic rings. The van der Waals surface area contributed by atoms with Crippen molar-refractivity contribution in [2.24, 2.45) is 0 Å². The highest BCUT2D eigenvalue weighted by atomic mass is 35.5. The average molecular weight is 367 g/mol. The van der Waals surface area contributed by atoms with Crippen molar-refractivity contribution >= 4 is 28.5 Å². The molecule has 4 atom stereocenters. The van der Waals surface area contributed by atoms with Gasteiger partial charge in [-0.15, -0.1) is 0 Å². The van der Waals surface area contributed by atoms with Gasteiger partial charge >= 0.3 is 5.97 Å². The van der Waals surface area contributed by atoms with Gasteiger partial charge in [0.1, 0.15) is 24.9 Å². The zero-order chi connectivity index (χ0) is 17.8. The summed E-state index contributed by atoms with van der Waals surface area (Å²) in [5, 5.41) is 5.66. The van der Waals surface area contributed by atoms with Gasteiger partial charge in [0.05, 0.1) is 5.52 Å². The average Bonchev–Trinajstić information content (AvgIpc) is 3.15. The molecule has 0 radical (unpaired) electrons. The molecular formula is C17H19ClN2O5. The smallest absolute Gasteiger partial charge is 0.302 e. The van der Waals surface area contributed by atoms with Gasteiger partial charge in [0.15, 0.2) is 17.2 Å². The second-order valence-corrected chi connectivity index (χ2v) is 7.04. The zero-order valence-corrected chi connectivity index (χ0v) is 14.9. The summed E-state index contributed by atoms with van der Waals surface area (Å²) in [7, 11) is 0. The molecule has 0 aliphatic carbocycles. The third-order valence-corrected chi connectivity index (χ3v) is 4.67. The van der Waals surface area contributed by atoms with Crippen molar-refractivity contribution < 1.29 is 23.7 Å². The highest BCUT2D eigenvalue weighted by Crippen LogP contribution is 2.44. The van der Waals surface area contributed by atoms with Crippen molar-refractivity contribution in [1.82, 2.24) is 9.78 Å². The van der Waals surface area contributed by atoms with Gasteiger partial charge in [-0.3, -0.25) is 4.79 Å². The van der Waals surface area contributed by atoms with Crippen molar-refractivity contribution in [3.63, 3.8) is 0 Å². The monoisotopic (exact) mass is 366 g/mol. The van der Waals surface area contributed by atoms with E-state index in [1.165, 1.54) is 6.92 Å². The molecule has 0 saturated carbocycles. The van der Waals surface area contributed by atoms with E-state index in [-0.39, 0.29) is 24.8 Å². The van der Waals surface area contributed by atoms with Crippen molar-refractivity contribution in [2.75, 3.05) is 6.61 Å². The third kappa shape index (κ3) is 2.91. The molecule has 0 N–H and O–H groups in total. The van der Waals surface area contributed by atoms with E-state index in [9.17, 15) is 4.79 Å². The van der Waals surface area contributed by atoms with Gasteiger partial charge in [0, 0.05) is 12.3 Å². The summed E-state index contributed by atoms with van der Waals surface area (Å²) in [6, 6.07) is 7.64. The van der Waals surface area contributed by atoms with Crippen molar-refractivity contribution in [1.29, 1.82) is 0 Å². The van der Waals surface area contributed by atoms with Gasteiger partial charge < -0.3 is 18.9 Å². The predicted octanol–water partition coefficient (Wildman–Crippen LogP) is 2.67. The van der Waals surface area contributed by atoms with Gasteiger partial charge in [-0.1, -0.05) is 23.7 Å². The Morgan fingerprint density at radius 1 is 1.32 bits per heavy atom. The number of fused-ring (bicyclic) bond motifs is 2. The second kappa shape index (κ2) is 5.95. The Bertz CT molecular complexity index is 820. The number of carbonyl (C=O) groups is 1. The van der Waals surface area contributed by atoms with Crippen LogP contribution in [0.3, 0.4) is 0 Å². The van der Waals surface area contributed by atoms with Crippen molar-refractivity contribution in [3.8, 4) is 0 Å². The number of esters is 1. The molecule has 2 fully saturated rings. The second-order valence-electron chi connectivity index (χ2n) is 6.68. The van der Waals surface area contributed by atoms with Crippen LogP contribution in [0, 0.1) is 0 Å². The third-order valence-electron chi connectivity index (χ3n) is 4.39. The van der Waals surface area contributed by atoms with E-state index in [2.05, 4.69) is 5.10 Å². The fraction of sp³-hybridized carbons (Fsp3) is 0.529. The van der Waals surface area contributed by atoms with E-state index in [0.29, 0.717) is 5.15 Å². The van der Waals surface area contributed by atoms with E-state index in [1.54, 1.807) is 4.68 Å². The van der Waals surface area contributed by atoms with E-state index in [1.807, 2.05) is 38.1 Å². The maximum Gasteiger partial charge on any atom is 0.302 e. The summed E-state index contributed by atoms with van der Waals surface area (Å²) in [6.07, 6.45) is -1.71. The van der Waals surface area contributed by atoms with Gasteiger partial charge in [0.2, 0.25) is 0 Å². The van der Waals surface area contributed by atoms with Crippen LogP contribution in [-0.4, -0.2) is 46.5 Å². The number of hydrogen-bond donors (Lipinski definition) is 0. The first-order valence-electron chi connectivity index (χ1n) is 8.13. The molecule has 1 aromatic carbocycles. The van der Waals surface area contributed by atoms with Crippen molar-refractivity contribution in [3.05, 3.63) is 29.4 Å². The molecule has 7 nitrogen and oxygen atoms in total. The van der Waals surface area contributed by atoms with E-state index >= 15 is 0 Å². The molecular weight excluding hydrogens is 348 g/mol. The maximum atomic E-state index is 11.2. The molecule has 3 heterocycles. The van der Waals surface area contributed by atoms with Crippen LogP contribution in [0.1, 0.15) is 27.0 Å². The topological polar surface area (TPSA) is 71.8 Å². The largest absolute Gasteiger partial charge is 0.463 e. The molecule has 134 valence electrons. The first-order valence-corrected chi connectivity index (χ1v) is 8.51. The summed E-state index contributed by atoms with van der Waals surface area (Å²) < 4.78 is 25.0. The molecule has 2 saturated heterocycles. The normalized spacial score (nSPS) is 30.6. The number of hydrogen-bond acceptors (Lipinski definition) is 6. The number of ether oxygens (including phenoxy) is 4. The molecule has 0 bridgehead atoms. The summed E-state index contributed by atoms with van der Waals surface area (Å²) in [4.78, 5) is 11.2. The lowest BCUT2D eigenvalue weighted by molar-refractivity contribution is -0.203. The number of halogens is 1. The van der Waals surface area contributed by atoms with Crippen LogP contribution in [0.25, 0.3) is 10.9 Å². The van der Waals surface area contributed by atoms with Crippen LogP contribution in [0.5, 0.6) is 0 Å².